The molecule has 2 aromatic heterocycles. The van der Waals surface area contributed by atoms with Crippen molar-refractivity contribution in [3.05, 3.63) is 82.6 Å². The Morgan fingerprint density at radius 1 is 0.944 bits per heavy atom. The largest absolute Gasteiger partial charge is 0.369 e. The highest BCUT2D eigenvalue weighted by molar-refractivity contribution is 6.33. The monoisotopic (exact) mass is 520 g/mol. The molecule has 0 atom stereocenters. The number of carbonyl (C=O) groups excluding carboxylic acids is 2. The zero-order chi connectivity index (χ0) is 25.2. The molecule has 5 rings (SSSR count). The number of amides is 2. The van der Waals surface area contributed by atoms with Crippen molar-refractivity contribution in [2.75, 3.05) is 13.1 Å². The Balaban J connectivity index is 1.47. The Hall–Kier alpha value is -3.35. The topological polar surface area (TPSA) is 80.7 Å². The number of aryl methyl sites for hydroxylation is 1. The Labute approximate surface area is 219 Å². The van der Waals surface area contributed by atoms with Crippen LogP contribution in [0.15, 0.2) is 66.9 Å². The van der Waals surface area contributed by atoms with Crippen molar-refractivity contribution in [2.24, 2.45) is 11.7 Å². The molecule has 1 saturated heterocycles. The molecule has 1 aliphatic heterocycles. The van der Waals surface area contributed by atoms with E-state index in [9.17, 15) is 9.59 Å². The number of benzene rings is 2. The highest BCUT2D eigenvalue weighted by atomic mass is 35.5. The average Bonchev–Trinajstić information content (AvgIpc) is 3.25. The van der Waals surface area contributed by atoms with Crippen molar-refractivity contribution < 1.29 is 9.59 Å². The molecule has 0 radical (unpaired) electrons. The van der Waals surface area contributed by atoms with E-state index in [1.54, 1.807) is 0 Å². The number of aromatic nitrogens is 2. The van der Waals surface area contributed by atoms with Gasteiger partial charge in [-0.3, -0.25) is 9.59 Å². The molecule has 1 aliphatic rings. The maximum absolute atomic E-state index is 13.1. The molecule has 8 heteroatoms. The maximum Gasteiger partial charge on any atom is 0.222 e. The fraction of sp³-hybridized carbons (Fsp3) is 0.250. The zero-order valence-electron chi connectivity index (χ0n) is 19.7. The molecule has 1 fully saturated rings. The second kappa shape index (κ2) is 10.3. The third-order valence-electron chi connectivity index (χ3n) is 6.85. The quantitative estimate of drug-likeness (QED) is 0.357. The summed E-state index contributed by atoms with van der Waals surface area (Å²) in [5.74, 6) is -0.362. The molecule has 2 amide bonds. The number of hydrogen-bond donors (Lipinski definition) is 1. The molecule has 0 saturated carbocycles. The van der Waals surface area contributed by atoms with Gasteiger partial charge in [-0.1, -0.05) is 53.5 Å². The highest BCUT2D eigenvalue weighted by Gasteiger charge is 2.26. The molecule has 6 nitrogen and oxygen atoms in total. The standard InChI is InChI=1S/C28H26Cl2N4O2/c29-21-8-5-18(6-9-21)27-24(10-12-26(35)33-15-13-19(14-16-33)28(31)36)34-17-20(7-11-25(34)32-27)22-3-1-2-4-23(22)30/h1-9,11,17,19H,10,12-16H2,(H2,31,36). The molecule has 0 spiro atoms. The predicted molar refractivity (Wildman–Crippen MR) is 143 cm³/mol. The van der Waals surface area contributed by atoms with Gasteiger partial charge in [0.25, 0.3) is 0 Å². The number of imidazole rings is 1. The number of nitrogens with zero attached hydrogens (tertiary/aromatic N) is 3. The SMILES string of the molecule is NC(=O)C1CCN(C(=O)CCc2c(-c3ccc(Cl)cc3)nc3ccc(-c4ccccc4Cl)cn23)CC1. The second-order valence-electron chi connectivity index (χ2n) is 9.10. The summed E-state index contributed by atoms with van der Waals surface area (Å²) in [6.07, 6.45) is 4.12. The van der Waals surface area contributed by atoms with Gasteiger partial charge in [-0.15, -0.1) is 0 Å². The lowest BCUT2D eigenvalue weighted by molar-refractivity contribution is -0.134. The number of likely N-dealkylation sites (tertiary alicyclic amines) is 1. The van der Waals surface area contributed by atoms with Gasteiger partial charge in [0.15, 0.2) is 0 Å². The molecule has 36 heavy (non-hydrogen) atoms. The molecule has 0 unspecified atom stereocenters. The van der Waals surface area contributed by atoms with Crippen LogP contribution in [0.2, 0.25) is 10.0 Å². The van der Waals surface area contributed by atoms with E-state index in [4.69, 9.17) is 33.9 Å². The number of halogens is 2. The van der Waals surface area contributed by atoms with E-state index < -0.39 is 0 Å². The summed E-state index contributed by atoms with van der Waals surface area (Å²) in [5, 5.41) is 1.32. The van der Waals surface area contributed by atoms with E-state index in [1.807, 2.05) is 71.8 Å². The number of primary amides is 1. The molecule has 2 N–H and O–H groups in total. The van der Waals surface area contributed by atoms with Crippen molar-refractivity contribution >= 4 is 40.7 Å². The number of hydrogen-bond acceptors (Lipinski definition) is 3. The summed E-state index contributed by atoms with van der Waals surface area (Å²) in [7, 11) is 0. The van der Waals surface area contributed by atoms with Crippen molar-refractivity contribution in [1.29, 1.82) is 0 Å². The number of nitrogens with two attached hydrogens (primary N) is 1. The highest BCUT2D eigenvalue weighted by Crippen LogP contribution is 2.31. The molecule has 0 bridgehead atoms. The molecular weight excluding hydrogens is 495 g/mol. The van der Waals surface area contributed by atoms with Gasteiger partial charge < -0.3 is 15.0 Å². The fourth-order valence-corrected chi connectivity index (χ4v) is 5.19. The van der Waals surface area contributed by atoms with Crippen LogP contribution >= 0.6 is 23.2 Å². The van der Waals surface area contributed by atoms with E-state index in [2.05, 4.69) is 4.40 Å². The number of rotatable bonds is 6. The van der Waals surface area contributed by atoms with Gasteiger partial charge in [-0.25, -0.2) is 4.98 Å². The summed E-state index contributed by atoms with van der Waals surface area (Å²) in [6.45, 7) is 1.11. The Morgan fingerprint density at radius 3 is 2.33 bits per heavy atom. The van der Waals surface area contributed by atoms with Crippen molar-refractivity contribution in [3.63, 3.8) is 0 Å². The van der Waals surface area contributed by atoms with Crippen LogP contribution in [-0.2, 0) is 16.0 Å². The fourth-order valence-electron chi connectivity index (χ4n) is 4.82. The lowest BCUT2D eigenvalue weighted by Gasteiger charge is -2.30. The molecule has 2 aromatic carbocycles. The van der Waals surface area contributed by atoms with Crippen molar-refractivity contribution in [3.8, 4) is 22.4 Å². The minimum absolute atomic E-state index is 0.0668. The number of piperidine rings is 1. The van der Waals surface area contributed by atoms with Crippen LogP contribution in [-0.4, -0.2) is 39.2 Å². The van der Waals surface area contributed by atoms with Gasteiger partial charge in [-0.05, 0) is 55.2 Å². The van der Waals surface area contributed by atoms with Gasteiger partial charge >= 0.3 is 0 Å². The molecule has 3 heterocycles. The molecule has 4 aromatic rings. The van der Waals surface area contributed by atoms with Gasteiger partial charge in [0, 0.05) is 52.8 Å². The molecular formula is C28H26Cl2N4O2. The van der Waals surface area contributed by atoms with Gasteiger partial charge in [-0.2, -0.15) is 0 Å². The molecule has 184 valence electrons. The third-order valence-corrected chi connectivity index (χ3v) is 7.43. The van der Waals surface area contributed by atoms with Crippen LogP contribution in [0.25, 0.3) is 28.0 Å². The first-order valence-corrected chi connectivity index (χ1v) is 12.7. The van der Waals surface area contributed by atoms with Crippen LogP contribution in [0.5, 0.6) is 0 Å². The summed E-state index contributed by atoms with van der Waals surface area (Å²) in [5.41, 5.74) is 10.8. The van der Waals surface area contributed by atoms with E-state index in [1.165, 1.54) is 0 Å². The third kappa shape index (κ3) is 4.97. The zero-order valence-corrected chi connectivity index (χ0v) is 21.2. The van der Waals surface area contributed by atoms with Crippen molar-refractivity contribution in [1.82, 2.24) is 14.3 Å². The Kier molecular flexibility index (Phi) is 6.99. The van der Waals surface area contributed by atoms with Crippen molar-refractivity contribution in [2.45, 2.75) is 25.7 Å². The van der Waals surface area contributed by atoms with Crippen LogP contribution < -0.4 is 5.73 Å². The van der Waals surface area contributed by atoms with Gasteiger partial charge in [0.05, 0.1) is 11.4 Å². The first kappa shape index (κ1) is 24.3. The van der Waals surface area contributed by atoms with Crippen LogP contribution in [0.4, 0.5) is 0 Å². The Morgan fingerprint density at radius 2 is 1.64 bits per heavy atom. The minimum Gasteiger partial charge on any atom is -0.369 e. The summed E-state index contributed by atoms with van der Waals surface area (Å²) < 4.78 is 2.05. The number of carbonyl (C=O) groups is 2. The molecule has 0 aliphatic carbocycles. The summed E-state index contributed by atoms with van der Waals surface area (Å²) in [6, 6.07) is 19.3. The normalized spacial score (nSPS) is 14.3. The minimum atomic E-state index is -0.283. The lowest BCUT2D eigenvalue weighted by Crippen LogP contribution is -2.41. The lowest BCUT2D eigenvalue weighted by atomic mass is 9.96. The summed E-state index contributed by atoms with van der Waals surface area (Å²) in [4.78, 5) is 31.3. The predicted octanol–water partition coefficient (Wildman–Crippen LogP) is 5.63. The Bertz CT molecular complexity index is 1420. The average molecular weight is 521 g/mol. The first-order chi connectivity index (χ1) is 17.4. The van der Waals surface area contributed by atoms with Gasteiger partial charge in [0.2, 0.25) is 11.8 Å². The van der Waals surface area contributed by atoms with Crippen LogP contribution in [0.3, 0.4) is 0 Å². The van der Waals surface area contributed by atoms with E-state index >= 15 is 0 Å². The number of fused-ring (bicyclic) bond motifs is 1. The van der Waals surface area contributed by atoms with E-state index in [0.29, 0.717) is 48.8 Å². The number of pyridine rings is 1. The smallest absolute Gasteiger partial charge is 0.222 e. The van der Waals surface area contributed by atoms with Crippen LogP contribution in [0, 0.1) is 5.92 Å². The van der Waals surface area contributed by atoms with Gasteiger partial charge in [0.1, 0.15) is 5.65 Å². The summed E-state index contributed by atoms with van der Waals surface area (Å²) >= 11 is 12.6. The van der Waals surface area contributed by atoms with E-state index in [-0.39, 0.29) is 17.7 Å². The van der Waals surface area contributed by atoms with Crippen LogP contribution in [0.1, 0.15) is 25.0 Å². The van der Waals surface area contributed by atoms with E-state index in [0.717, 1.165) is 33.7 Å². The second-order valence-corrected chi connectivity index (χ2v) is 9.94. The first-order valence-electron chi connectivity index (χ1n) is 12.0. The maximum atomic E-state index is 13.1.